The minimum atomic E-state index is -3.12. The second kappa shape index (κ2) is 4.14. The van der Waals surface area contributed by atoms with E-state index in [-0.39, 0.29) is 23.5 Å². The Labute approximate surface area is 94.1 Å². The van der Waals surface area contributed by atoms with Crippen LogP contribution in [-0.2, 0) is 15.6 Å². The van der Waals surface area contributed by atoms with Gasteiger partial charge in [0.1, 0.15) is 5.75 Å². The van der Waals surface area contributed by atoms with Crippen LogP contribution in [0.1, 0.15) is 36.9 Å². The molecule has 0 spiro atoms. The Morgan fingerprint density at radius 3 is 2.81 bits per heavy atom. The third kappa shape index (κ3) is 2.59. The first kappa shape index (κ1) is 11.5. The van der Waals surface area contributed by atoms with Crippen molar-refractivity contribution in [2.45, 2.75) is 37.0 Å². The van der Waals surface area contributed by atoms with Crippen molar-refractivity contribution in [2.24, 2.45) is 5.73 Å². The summed E-state index contributed by atoms with van der Waals surface area (Å²) < 4.78 is 27.2. The fourth-order valence-electron chi connectivity index (χ4n) is 2.01. The minimum absolute atomic E-state index is 0.0477. The molecule has 2 rings (SSSR count). The highest BCUT2D eigenvalue weighted by Gasteiger charge is 2.30. The van der Waals surface area contributed by atoms with E-state index in [4.69, 9.17) is 10.3 Å². The third-order valence-electron chi connectivity index (χ3n) is 2.76. The normalized spacial score (nSPS) is 26.1. The maximum atomic E-state index is 11.0. The van der Waals surface area contributed by atoms with Crippen molar-refractivity contribution in [3.8, 4) is 0 Å². The Morgan fingerprint density at radius 2 is 2.25 bits per heavy atom. The largest absolute Gasteiger partial charge is 0.339 e. The highest BCUT2D eigenvalue weighted by molar-refractivity contribution is 7.89. The third-order valence-corrected chi connectivity index (χ3v) is 3.54. The lowest BCUT2D eigenvalue weighted by molar-refractivity contribution is 0.342. The van der Waals surface area contributed by atoms with Crippen molar-refractivity contribution >= 4 is 9.84 Å². The van der Waals surface area contributed by atoms with Crippen molar-refractivity contribution in [2.75, 3.05) is 6.26 Å². The molecular formula is C9H15N3O3S. The van der Waals surface area contributed by atoms with Crippen molar-refractivity contribution in [3.63, 3.8) is 0 Å². The number of hydrogen-bond donors (Lipinski definition) is 1. The van der Waals surface area contributed by atoms with E-state index in [2.05, 4.69) is 10.1 Å². The zero-order chi connectivity index (χ0) is 11.8. The molecule has 0 amide bonds. The summed E-state index contributed by atoms with van der Waals surface area (Å²) in [4.78, 5) is 4.09. The smallest absolute Gasteiger partial charge is 0.231 e. The quantitative estimate of drug-likeness (QED) is 0.817. The summed E-state index contributed by atoms with van der Waals surface area (Å²) in [6.45, 7) is 0. The number of rotatable bonds is 3. The van der Waals surface area contributed by atoms with Crippen molar-refractivity contribution in [3.05, 3.63) is 11.7 Å². The maximum Gasteiger partial charge on any atom is 0.231 e. The Hall–Kier alpha value is -0.950. The van der Waals surface area contributed by atoms with Crippen LogP contribution in [0.25, 0.3) is 0 Å². The van der Waals surface area contributed by atoms with E-state index in [1.165, 1.54) is 0 Å². The summed E-state index contributed by atoms with van der Waals surface area (Å²) in [5, 5.41) is 3.66. The molecular weight excluding hydrogens is 230 g/mol. The molecule has 1 aromatic rings. The second-order valence-electron chi connectivity index (χ2n) is 4.32. The lowest BCUT2D eigenvalue weighted by Gasteiger charge is -2.08. The van der Waals surface area contributed by atoms with Gasteiger partial charge >= 0.3 is 0 Å². The van der Waals surface area contributed by atoms with Gasteiger partial charge in [0.05, 0.1) is 5.92 Å². The van der Waals surface area contributed by atoms with Crippen LogP contribution >= 0.6 is 0 Å². The molecule has 7 heteroatoms. The van der Waals surface area contributed by atoms with Gasteiger partial charge in [-0.15, -0.1) is 0 Å². The summed E-state index contributed by atoms with van der Waals surface area (Å²) >= 11 is 0. The van der Waals surface area contributed by atoms with Crippen LogP contribution in [0.3, 0.4) is 0 Å². The van der Waals surface area contributed by atoms with E-state index < -0.39 is 9.84 Å². The summed E-state index contributed by atoms with van der Waals surface area (Å²) in [5.41, 5.74) is 5.90. The Morgan fingerprint density at radius 1 is 1.50 bits per heavy atom. The molecule has 2 N–H and O–H groups in total. The molecule has 16 heavy (non-hydrogen) atoms. The second-order valence-corrected chi connectivity index (χ2v) is 6.46. The van der Waals surface area contributed by atoms with Gasteiger partial charge in [-0.2, -0.15) is 4.98 Å². The van der Waals surface area contributed by atoms with E-state index >= 15 is 0 Å². The van der Waals surface area contributed by atoms with E-state index in [9.17, 15) is 8.42 Å². The van der Waals surface area contributed by atoms with Gasteiger partial charge in [-0.1, -0.05) is 11.6 Å². The van der Waals surface area contributed by atoms with Crippen LogP contribution in [0.2, 0.25) is 0 Å². The van der Waals surface area contributed by atoms with Gasteiger partial charge in [0.15, 0.2) is 15.7 Å². The highest BCUT2D eigenvalue weighted by Crippen LogP contribution is 2.32. The van der Waals surface area contributed by atoms with Gasteiger partial charge < -0.3 is 10.3 Å². The first-order valence-corrected chi connectivity index (χ1v) is 7.27. The summed E-state index contributed by atoms with van der Waals surface area (Å²) in [6.07, 6.45) is 4.08. The molecule has 90 valence electrons. The number of hydrogen-bond acceptors (Lipinski definition) is 6. The predicted molar refractivity (Wildman–Crippen MR) is 57.4 cm³/mol. The maximum absolute atomic E-state index is 11.0. The molecule has 2 unspecified atom stereocenters. The van der Waals surface area contributed by atoms with Crippen LogP contribution in [0.4, 0.5) is 0 Å². The van der Waals surface area contributed by atoms with E-state index in [1.54, 1.807) is 0 Å². The number of aromatic nitrogens is 2. The summed E-state index contributed by atoms with van der Waals surface area (Å²) in [6, 6.07) is 0.0477. The van der Waals surface area contributed by atoms with Crippen molar-refractivity contribution < 1.29 is 12.9 Å². The van der Waals surface area contributed by atoms with Crippen molar-refractivity contribution in [1.29, 1.82) is 0 Å². The van der Waals surface area contributed by atoms with Crippen LogP contribution in [0.5, 0.6) is 0 Å². The van der Waals surface area contributed by atoms with E-state index in [0.717, 1.165) is 25.5 Å². The molecule has 2 atom stereocenters. The molecule has 1 aromatic heterocycles. The fourth-order valence-corrected chi connectivity index (χ4v) is 2.59. The van der Waals surface area contributed by atoms with Crippen LogP contribution < -0.4 is 5.73 Å². The van der Waals surface area contributed by atoms with Gasteiger partial charge in [0, 0.05) is 12.3 Å². The van der Waals surface area contributed by atoms with Gasteiger partial charge in [-0.05, 0) is 12.8 Å². The molecule has 1 fully saturated rings. The lowest BCUT2D eigenvalue weighted by atomic mass is 10.1. The van der Waals surface area contributed by atoms with Crippen LogP contribution in [-0.4, -0.2) is 30.9 Å². The van der Waals surface area contributed by atoms with Gasteiger partial charge in [0.25, 0.3) is 0 Å². The molecule has 0 saturated heterocycles. The van der Waals surface area contributed by atoms with Gasteiger partial charge in [-0.25, -0.2) is 8.42 Å². The molecule has 6 nitrogen and oxygen atoms in total. The SMILES string of the molecule is CS(=O)(=O)Cc1noc(C2CCCC2N)n1. The fraction of sp³-hybridized carbons (Fsp3) is 0.778. The first-order valence-electron chi connectivity index (χ1n) is 5.21. The Kier molecular flexibility index (Phi) is 2.98. The van der Waals surface area contributed by atoms with Crippen LogP contribution in [0, 0.1) is 0 Å². The summed E-state index contributed by atoms with van der Waals surface area (Å²) in [7, 11) is -3.12. The van der Waals surface area contributed by atoms with Gasteiger partial charge in [0.2, 0.25) is 5.89 Å². The zero-order valence-electron chi connectivity index (χ0n) is 9.09. The monoisotopic (exact) mass is 245 g/mol. The lowest BCUT2D eigenvalue weighted by Crippen LogP contribution is -2.22. The highest BCUT2D eigenvalue weighted by atomic mass is 32.2. The predicted octanol–water partition coefficient (Wildman–Crippen LogP) is 0.209. The molecule has 0 bridgehead atoms. The average molecular weight is 245 g/mol. The Balaban J connectivity index is 2.13. The number of nitrogens with two attached hydrogens (primary N) is 1. The minimum Gasteiger partial charge on any atom is -0.339 e. The molecule has 1 aliphatic carbocycles. The molecule has 0 aromatic carbocycles. The molecule has 1 saturated carbocycles. The average Bonchev–Trinajstić information content (AvgIpc) is 2.71. The van der Waals surface area contributed by atoms with Crippen LogP contribution in [0.15, 0.2) is 4.52 Å². The number of nitrogens with zero attached hydrogens (tertiary/aromatic N) is 2. The van der Waals surface area contributed by atoms with E-state index in [1.807, 2.05) is 0 Å². The molecule has 0 radical (unpaired) electrons. The molecule has 1 aliphatic rings. The summed E-state index contributed by atoms with van der Waals surface area (Å²) in [5.74, 6) is 0.597. The standard InChI is InChI=1S/C9H15N3O3S/c1-16(13,14)5-8-11-9(15-12-8)6-3-2-4-7(6)10/h6-7H,2-5,10H2,1H3. The molecule has 1 heterocycles. The zero-order valence-corrected chi connectivity index (χ0v) is 9.90. The number of sulfone groups is 1. The first-order chi connectivity index (χ1) is 7.46. The van der Waals surface area contributed by atoms with E-state index in [0.29, 0.717) is 5.89 Å². The Bertz CT molecular complexity index is 468. The van der Waals surface area contributed by atoms with Gasteiger partial charge in [-0.3, -0.25) is 0 Å². The molecule has 0 aliphatic heterocycles. The van der Waals surface area contributed by atoms with Crippen molar-refractivity contribution in [1.82, 2.24) is 10.1 Å². The topological polar surface area (TPSA) is 99.1 Å².